The Bertz CT molecular complexity index is 640. The summed E-state index contributed by atoms with van der Waals surface area (Å²) < 4.78 is 31.2. The van der Waals surface area contributed by atoms with Gasteiger partial charge in [-0.2, -0.15) is 4.72 Å². The van der Waals surface area contributed by atoms with Crippen molar-refractivity contribution in [2.75, 3.05) is 13.7 Å². The zero-order chi connectivity index (χ0) is 15.5. The largest absolute Gasteiger partial charge is 0.464 e. The zero-order valence-electron chi connectivity index (χ0n) is 11.3. The molecule has 1 amide bonds. The molecule has 10 heteroatoms. The molecular formula is C11H15N3O5S2. The smallest absolute Gasteiger partial charge is 0.358 e. The fourth-order valence-corrected chi connectivity index (χ4v) is 4.33. The lowest BCUT2D eigenvalue weighted by Gasteiger charge is -2.14. The summed E-state index contributed by atoms with van der Waals surface area (Å²) in [4.78, 5) is 27.0. The van der Waals surface area contributed by atoms with Gasteiger partial charge in [0.15, 0.2) is 9.90 Å². The monoisotopic (exact) mass is 333 g/mol. The molecule has 1 unspecified atom stereocenters. The van der Waals surface area contributed by atoms with Gasteiger partial charge in [0, 0.05) is 6.54 Å². The number of nitrogens with one attached hydrogen (secondary N) is 2. The number of nitrogens with zero attached hydrogens (tertiary/aromatic N) is 1. The molecule has 0 spiro atoms. The van der Waals surface area contributed by atoms with Crippen molar-refractivity contribution in [2.24, 2.45) is 0 Å². The van der Waals surface area contributed by atoms with Gasteiger partial charge in [0.1, 0.15) is 6.04 Å². The SMILES string of the molecule is COC(=O)c1ncsc1S(=O)(=O)NC1CCCCNC1=O. The van der Waals surface area contributed by atoms with E-state index in [1.807, 2.05) is 0 Å². The lowest BCUT2D eigenvalue weighted by atomic mass is 10.1. The topological polar surface area (TPSA) is 114 Å². The average molecular weight is 333 g/mol. The van der Waals surface area contributed by atoms with Gasteiger partial charge in [-0.3, -0.25) is 4.79 Å². The van der Waals surface area contributed by atoms with E-state index >= 15 is 0 Å². The number of esters is 1. The van der Waals surface area contributed by atoms with Crippen LogP contribution in [-0.2, 0) is 19.6 Å². The number of carbonyl (C=O) groups is 2. The van der Waals surface area contributed by atoms with Gasteiger partial charge in [0.2, 0.25) is 5.91 Å². The lowest BCUT2D eigenvalue weighted by Crippen LogP contribution is -2.45. The van der Waals surface area contributed by atoms with E-state index in [9.17, 15) is 18.0 Å². The molecule has 2 rings (SSSR count). The fourth-order valence-electron chi connectivity index (χ4n) is 1.95. The highest BCUT2D eigenvalue weighted by molar-refractivity contribution is 7.91. The maximum atomic E-state index is 12.3. The van der Waals surface area contributed by atoms with Gasteiger partial charge < -0.3 is 10.1 Å². The summed E-state index contributed by atoms with van der Waals surface area (Å²) in [6.45, 7) is 0.533. The Morgan fingerprint density at radius 1 is 1.52 bits per heavy atom. The molecule has 1 aromatic heterocycles. The second-order valence-electron chi connectivity index (χ2n) is 4.44. The van der Waals surface area contributed by atoms with Crippen molar-refractivity contribution in [3.63, 3.8) is 0 Å². The molecule has 1 aliphatic heterocycles. The molecule has 1 aliphatic rings. The first-order valence-electron chi connectivity index (χ1n) is 6.27. The highest BCUT2D eigenvalue weighted by Crippen LogP contribution is 2.21. The summed E-state index contributed by atoms with van der Waals surface area (Å²) in [7, 11) is -2.86. The normalized spacial score (nSPS) is 19.7. The van der Waals surface area contributed by atoms with E-state index in [1.54, 1.807) is 0 Å². The third-order valence-corrected chi connectivity index (χ3v) is 5.83. The molecule has 21 heavy (non-hydrogen) atoms. The molecule has 1 fully saturated rings. The molecule has 0 aromatic carbocycles. The molecule has 0 saturated carbocycles. The maximum absolute atomic E-state index is 12.3. The van der Waals surface area contributed by atoms with Gasteiger partial charge in [-0.1, -0.05) is 0 Å². The second-order valence-corrected chi connectivity index (χ2v) is 7.20. The van der Waals surface area contributed by atoms with Crippen LogP contribution in [0.25, 0.3) is 0 Å². The van der Waals surface area contributed by atoms with E-state index in [0.29, 0.717) is 13.0 Å². The van der Waals surface area contributed by atoms with Gasteiger partial charge in [-0.25, -0.2) is 18.2 Å². The summed E-state index contributed by atoms with van der Waals surface area (Å²) in [5, 5.41) is 2.64. The van der Waals surface area contributed by atoms with E-state index < -0.39 is 22.0 Å². The van der Waals surface area contributed by atoms with Crippen LogP contribution in [0.2, 0.25) is 0 Å². The van der Waals surface area contributed by atoms with Crippen molar-refractivity contribution in [1.82, 2.24) is 15.0 Å². The number of sulfonamides is 1. The number of hydrogen-bond acceptors (Lipinski definition) is 7. The van der Waals surface area contributed by atoms with E-state index in [4.69, 9.17) is 0 Å². The first kappa shape index (κ1) is 15.9. The van der Waals surface area contributed by atoms with Gasteiger partial charge in [-0.05, 0) is 19.3 Å². The Labute approximate surface area is 126 Å². The lowest BCUT2D eigenvalue weighted by molar-refractivity contribution is -0.122. The van der Waals surface area contributed by atoms with Crippen LogP contribution in [0.15, 0.2) is 9.72 Å². The molecule has 0 radical (unpaired) electrons. The number of ether oxygens (including phenoxy) is 1. The van der Waals surface area contributed by atoms with Crippen molar-refractivity contribution in [3.05, 3.63) is 11.2 Å². The average Bonchev–Trinajstić information content (AvgIpc) is 2.87. The van der Waals surface area contributed by atoms with Crippen LogP contribution >= 0.6 is 11.3 Å². The van der Waals surface area contributed by atoms with Crippen LogP contribution < -0.4 is 10.0 Å². The quantitative estimate of drug-likeness (QED) is 0.742. The summed E-state index contributed by atoms with van der Waals surface area (Å²) in [5.41, 5.74) is 0.970. The first-order chi connectivity index (χ1) is 9.95. The molecule has 0 bridgehead atoms. The van der Waals surface area contributed by atoms with Crippen molar-refractivity contribution in [3.8, 4) is 0 Å². The van der Waals surface area contributed by atoms with Crippen LogP contribution in [0.1, 0.15) is 29.8 Å². The molecular weight excluding hydrogens is 318 g/mol. The molecule has 1 saturated heterocycles. The van der Waals surface area contributed by atoms with E-state index in [0.717, 1.165) is 31.3 Å². The number of hydrogen-bond donors (Lipinski definition) is 2. The Balaban J connectivity index is 2.24. The van der Waals surface area contributed by atoms with E-state index in [-0.39, 0.29) is 15.8 Å². The number of amides is 1. The van der Waals surface area contributed by atoms with Crippen LogP contribution in [0.5, 0.6) is 0 Å². The van der Waals surface area contributed by atoms with Crippen LogP contribution in [0.4, 0.5) is 0 Å². The molecule has 2 heterocycles. The molecule has 2 N–H and O–H groups in total. The molecule has 116 valence electrons. The molecule has 0 aliphatic carbocycles. The minimum atomic E-state index is -4.01. The molecule has 1 atom stereocenters. The summed E-state index contributed by atoms with van der Waals surface area (Å²) >= 11 is 0.801. The van der Waals surface area contributed by atoms with E-state index in [2.05, 4.69) is 19.8 Å². The van der Waals surface area contributed by atoms with Crippen LogP contribution in [0.3, 0.4) is 0 Å². The Hall–Kier alpha value is -1.52. The Kier molecular flexibility index (Phi) is 4.91. The molecule has 1 aromatic rings. The fraction of sp³-hybridized carbons (Fsp3) is 0.545. The predicted octanol–water partition coefficient (Wildman–Crippen LogP) is -0.123. The third-order valence-electron chi connectivity index (χ3n) is 2.99. The Morgan fingerprint density at radius 2 is 2.29 bits per heavy atom. The third kappa shape index (κ3) is 3.57. The highest BCUT2D eigenvalue weighted by Gasteiger charge is 2.31. The van der Waals surface area contributed by atoms with Crippen LogP contribution in [-0.4, -0.2) is 45.0 Å². The second kappa shape index (κ2) is 6.50. The maximum Gasteiger partial charge on any atom is 0.358 e. The van der Waals surface area contributed by atoms with E-state index in [1.165, 1.54) is 5.51 Å². The Morgan fingerprint density at radius 3 is 3.00 bits per heavy atom. The highest BCUT2D eigenvalue weighted by atomic mass is 32.2. The minimum Gasteiger partial charge on any atom is -0.464 e. The van der Waals surface area contributed by atoms with Gasteiger partial charge in [-0.15, -0.1) is 11.3 Å². The summed E-state index contributed by atoms with van der Waals surface area (Å²) in [5.74, 6) is -1.19. The van der Waals surface area contributed by atoms with Crippen molar-refractivity contribution < 1.29 is 22.7 Å². The first-order valence-corrected chi connectivity index (χ1v) is 8.64. The number of carbonyl (C=O) groups excluding carboxylic acids is 2. The predicted molar refractivity (Wildman–Crippen MR) is 74.4 cm³/mol. The number of methoxy groups -OCH3 is 1. The number of thiazole rings is 1. The van der Waals surface area contributed by atoms with Crippen LogP contribution in [0, 0.1) is 0 Å². The number of aromatic nitrogens is 1. The van der Waals surface area contributed by atoms with Gasteiger partial charge in [0.25, 0.3) is 10.0 Å². The minimum absolute atomic E-state index is 0.244. The summed E-state index contributed by atoms with van der Waals surface area (Å²) in [6, 6.07) is -0.843. The summed E-state index contributed by atoms with van der Waals surface area (Å²) in [6.07, 6.45) is 1.95. The van der Waals surface area contributed by atoms with Crippen molar-refractivity contribution in [2.45, 2.75) is 29.5 Å². The number of rotatable bonds is 4. The molecule has 8 nitrogen and oxygen atoms in total. The zero-order valence-corrected chi connectivity index (χ0v) is 12.9. The van der Waals surface area contributed by atoms with Crippen molar-refractivity contribution >= 4 is 33.2 Å². The van der Waals surface area contributed by atoms with Gasteiger partial charge >= 0.3 is 5.97 Å². The standard InChI is InChI=1S/C11H15N3O5S2/c1-19-10(16)8-11(20-6-13-8)21(17,18)14-7-4-2-3-5-12-9(7)15/h6-7,14H,2-5H2,1H3,(H,12,15). The van der Waals surface area contributed by atoms with Gasteiger partial charge in [0.05, 0.1) is 12.6 Å². The van der Waals surface area contributed by atoms with Crippen molar-refractivity contribution in [1.29, 1.82) is 0 Å².